The van der Waals surface area contributed by atoms with Crippen LogP contribution in [0.2, 0.25) is 0 Å². The van der Waals surface area contributed by atoms with Gasteiger partial charge < -0.3 is 10.2 Å². The Kier molecular flexibility index (Phi) is 5.18. The minimum absolute atomic E-state index is 0. The molecule has 1 aliphatic rings. The van der Waals surface area contributed by atoms with E-state index in [2.05, 4.69) is 10.3 Å². The van der Waals surface area contributed by atoms with Gasteiger partial charge in [0.1, 0.15) is 0 Å². The Bertz CT molecular complexity index is 325. The Hall–Kier alpha value is -0.650. The van der Waals surface area contributed by atoms with Gasteiger partial charge in [-0.05, 0) is 19.4 Å². The summed E-state index contributed by atoms with van der Waals surface area (Å²) in [7, 11) is 1.84. The molecule has 0 aliphatic carbocycles. The van der Waals surface area contributed by atoms with Crippen molar-refractivity contribution in [1.82, 2.24) is 15.2 Å². The van der Waals surface area contributed by atoms with E-state index in [1.165, 1.54) is 0 Å². The Balaban J connectivity index is 0.00000128. The zero-order valence-corrected chi connectivity index (χ0v) is 10.8. The van der Waals surface area contributed by atoms with Gasteiger partial charge in [0, 0.05) is 12.4 Å². The number of amides is 1. The molecule has 1 aromatic heterocycles. The summed E-state index contributed by atoms with van der Waals surface area (Å²) >= 11 is 1.56. The van der Waals surface area contributed by atoms with Crippen LogP contribution in [0.1, 0.15) is 18.5 Å². The maximum absolute atomic E-state index is 11.9. The maximum atomic E-state index is 11.9. The quantitative estimate of drug-likeness (QED) is 0.892. The molecule has 0 radical (unpaired) electrons. The largest absolute Gasteiger partial charge is 0.338 e. The molecular formula is C10H16ClN3OS. The molecule has 0 aromatic carbocycles. The third-order valence-electron chi connectivity index (χ3n) is 2.62. The summed E-state index contributed by atoms with van der Waals surface area (Å²) in [6.45, 7) is 1.57. The summed E-state index contributed by atoms with van der Waals surface area (Å²) in [6, 6.07) is 0.0219. The fraction of sp³-hybridized carbons (Fsp3) is 0.600. The van der Waals surface area contributed by atoms with Crippen LogP contribution >= 0.6 is 23.7 Å². The topological polar surface area (TPSA) is 45.2 Å². The second-order valence-electron chi connectivity index (χ2n) is 3.82. The number of aromatic nitrogens is 1. The summed E-state index contributed by atoms with van der Waals surface area (Å²) in [6.07, 6.45) is 2.06. The van der Waals surface area contributed by atoms with E-state index < -0.39 is 0 Å². The van der Waals surface area contributed by atoms with Gasteiger partial charge in [0.05, 0.1) is 23.8 Å². The van der Waals surface area contributed by atoms with Gasteiger partial charge in [0.2, 0.25) is 5.91 Å². The van der Waals surface area contributed by atoms with E-state index in [9.17, 15) is 4.79 Å². The number of rotatable bonds is 3. The first kappa shape index (κ1) is 13.4. The van der Waals surface area contributed by atoms with Gasteiger partial charge in [-0.25, -0.2) is 4.98 Å². The van der Waals surface area contributed by atoms with Gasteiger partial charge in [0.25, 0.3) is 0 Å². The maximum Gasteiger partial charge on any atom is 0.239 e. The minimum atomic E-state index is 0. The van der Waals surface area contributed by atoms with Crippen molar-refractivity contribution in [1.29, 1.82) is 0 Å². The molecular weight excluding hydrogens is 246 g/mol. The van der Waals surface area contributed by atoms with Crippen molar-refractivity contribution in [2.75, 3.05) is 13.6 Å². The van der Waals surface area contributed by atoms with E-state index >= 15 is 0 Å². The molecule has 1 unspecified atom stereocenters. The first-order chi connectivity index (χ1) is 7.27. The summed E-state index contributed by atoms with van der Waals surface area (Å²) in [5, 5.41) is 5.19. The standard InChI is InChI=1S/C10H15N3OS.ClH/c1-13(5-8-6-15-7-12-8)10(14)9-3-2-4-11-9;/h6-7,9,11H,2-5H2,1H3;1H. The molecule has 1 amide bonds. The monoisotopic (exact) mass is 261 g/mol. The molecule has 0 bridgehead atoms. The van der Waals surface area contributed by atoms with Crippen LogP contribution in [-0.4, -0.2) is 35.4 Å². The highest BCUT2D eigenvalue weighted by Crippen LogP contribution is 2.10. The summed E-state index contributed by atoms with van der Waals surface area (Å²) in [5.74, 6) is 0.181. The van der Waals surface area contributed by atoms with Crippen LogP contribution in [0.4, 0.5) is 0 Å². The molecule has 1 atom stereocenters. The molecule has 90 valence electrons. The van der Waals surface area contributed by atoms with Crippen molar-refractivity contribution in [3.8, 4) is 0 Å². The molecule has 0 saturated carbocycles. The van der Waals surface area contributed by atoms with Crippen LogP contribution < -0.4 is 5.32 Å². The third kappa shape index (κ3) is 3.17. The fourth-order valence-corrected chi connectivity index (χ4v) is 2.35. The van der Waals surface area contributed by atoms with Gasteiger partial charge in [0.15, 0.2) is 0 Å². The van der Waals surface area contributed by atoms with E-state index in [0.29, 0.717) is 6.54 Å². The van der Waals surface area contributed by atoms with Crippen molar-refractivity contribution >= 4 is 29.7 Å². The van der Waals surface area contributed by atoms with E-state index in [1.54, 1.807) is 21.7 Å². The van der Waals surface area contributed by atoms with Gasteiger partial charge in [-0.1, -0.05) is 0 Å². The number of nitrogens with zero attached hydrogens (tertiary/aromatic N) is 2. The molecule has 1 aromatic rings. The van der Waals surface area contributed by atoms with E-state index in [4.69, 9.17) is 0 Å². The second-order valence-corrected chi connectivity index (χ2v) is 4.54. The second kappa shape index (κ2) is 6.18. The lowest BCUT2D eigenvalue weighted by molar-refractivity contribution is -0.132. The van der Waals surface area contributed by atoms with Crippen molar-refractivity contribution in [2.24, 2.45) is 0 Å². The average molecular weight is 262 g/mol. The number of likely N-dealkylation sites (N-methyl/N-ethyl adjacent to an activating group) is 1. The van der Waals surface area contributed by atoms with Crippen LogP contribution in [-0.2, 0) is 11.3 Å². The van der Waals surface area contributed by atoms with Crippen molar-refractivity contribution in [3.63, 3.8) is 0 Å². The minimum Gasteiger partial charge on any atom is -0.338 e. The Morgan fingerprint density at radius 2 is 2.56 bits per heavy atom. The number of hydrogen-bond donors (Lipinski definition) is 1. The third-order valence-corrected chi connectivity index (χ3v) is 3.25. The molecule has 2 rings (SSSR count). The van der Waals surface area contributed by atoms with Crippen molar-refractivity contribution < 1.29 is 4.79 Å². The molecule has 16 heavy (non-hydrogen) atoms. The molecule has 0 spiro atoms. The molecule has 6 heteroatoms. The normalized spacial score (nSPS) is 19.2. The number of nitrogens with one attached hydrogen (secondary N) is 1. The summed E-state index contributed by atoms with van der Waals surface area (Å²) in [4.78, 5) is 17.8. The van der Waals surface area contributed by atoms with Crippen molar-refractivity contribution in [2.45, 2.75) is 25.4 Å². The first-order valence-electron chi connectivity index (χ1n) is 5.13. The Morgan fingerprint density at radius 3 is 3.12 bits per heavy atom. The van der Waals surface area contributed by atoms with Crippen LogP contribution in [0.3, 0.4) is 0 Å². The van der Waals surface area contributed by atoms with Gasteiger partial charge in [-0.3, -0.25) is 4.79 Å². The highest BCUT2D eigenvalue weighted by atomic mass is 35.5. The summed E-state index contributed by atoms with van der Waals surface area (Å²) in [5.41, 5.74) is 2.76. The van der Waals surface area contributed by atoms with Gasteiger partial charge >= 0.3 is 0 Å². The predicted molar refractivity (Wildman–Crippen MR) is 66.9 cm³/mol. The first-order valence-corrected chi connectivity index (χ1v) is 6.07. The number of carbonyl (C=O) groups excluding carboxylic acids is 1. The number of thiazole rings is 1. The highest BCUT2D eigenvalue weighted by molar-refractivity contribution is 7.07. The molecule has 2 heterocycles. The lowest BCUT2D eigenvalue weighted by Crippen LogP contribution is -2.41. The molecule has 1 aliphatic heterocycles. The van der Waals surface area contributed by atoms with E-state index in [0.717, 1.165) is 25.1 Å². The highest BCUT2D eigenvalue weighted by Gasteiger charge is 2.24. The average Bonchev–Trinajstić information content (AvgIpc) is 2.88. The number of carbonyl (C=O) groups is 1. The number of hydrogen-bond acceptors (Lipinski definition) is 4. The lowest BCUT2D eigenvalue weighted by Gasteiger charge is -2.20. The molecule has 4 nitrogen and oxygen atoms in total. The van der Waals surface area contributed by atoms with E-state index in [1.807, 2.05) is 12.4 Å². The zero-order chi connectivity index (χ0) is 10.7. The Morgan fingerprint density at radius 1 is 1.75 bits per heavy atom. The van der Waals surface area contributed by atoms with E-state index in [-0.39, 0.29) is 24.4 Å². The molecule has 1 saturated heterocycles. The zero-order valence-electron chi connectivity index (χ0n) is 9.18. The fourth-order valence-electron chi connectivity index (χ4n) is 1.80. The smallest absolute Gasteiger partial charge is 0.239 e. The SMILES string of the molecule is CN(Cc1cscn1)C(=O)C1CCCN1.Cl. The molecule has 1 N–H and O–H groups in total. The van der Waals surface area contributed by atoms with Crippen LogP contribution in [0.25, 0.3) is 0 Å². The van der Waals surface area contributed by atoms with Crippen LogP contribution in [0.15, 0.2) is 10.9 Å². The van der Waals surface area contributed by atoms with Gasteiger partial charge in [-0.15, -0.1) is 23.7 Å². The van der Waals surface area contributed by atoms with Crippen LogP contribution in [0, 0.1) is 0 Å². The van der Waals surface area contributed by atoms with Gasteiger partial charge in [-0.2, -0.15) is 0 Å². The van der Waals surface area contributed by atoms with Crippen molar-refractivity contribution in [3.05, 3.63) is 16.6 Å². The van der Waals surface area contributed by atoms with Crippen LogP contribution in [0.5, 0.6) is 0 Å². The summed E-state index contributed by atoms with van der Waals surface area (Å²) < 4.78 is 0. The molecule has 1 fully saturated rings. The Labute approximate surface area is 105 Å². The number of halogens is 1. The lowest BCUT2D eigenvalue weighted by atomic mass is 10.2. The predicted octanol–water partition coefficient (Wildman–Crippen LogP) is 1.28.